The lowest BCUT2D eigenvalue weighted by Gasteiger charge is -2.35. The molecule has 29 heavy (non-hydrogen) atoms. The quantitative estimate of drug-likeness (QED) is 0.777. The fourth-order valence-electron chi connectivity index (χ4n) is 3.29. The molecule has 156 valence electrons. The Bertz CT molecular complexity index is 912. The first-order valence-corrected chi connectivity index (χ1v) is 9.11. The van der Waals surface area contributed by atoms with Crippen LogP contribution in [0.4, 0.5) is 13.2 Å². The standard InChI is InChI=1S/C19H21F3N4O3/c1-11-14(4-5-16(23-11)19(20,21)22)18(28)26-8-6-25(7-9-26)17(27)10-15-12(2)24-29-13(15)3/h4-5H,6-10H2,1-3H3. The predicted octanol–water partition coefficient (Wildman–Crippen LogP) is 2.54. The van der Waals surface area contributed by atoms with Crippen molar-refractivity contribution in [2.45, 2.75) is 33.4 Å². The SMILES string of the molecule is Cc1nc(C(F)(F)F)ccc1C(=O)N1CCN(C(=O)Cc2c(C)noc2C)CC1. The number of hydrogen-bond acceptors (Lipinski definition) is 5. The van der Waals surface area contributed by atoms with Gasteiger partial charge in [0, 0.05) is 31.7 Å². The molecule has 3 heterocycles. The van der Waals surface area contributed by atoms with Gasteiger partial charge in [0.15, 0.2) is 0 Å². The van der Waals surface area contributed by atoms with Crippen LogP contribution in [0.25, 0.3) is 0 Å². The van der Waals surface area contributed by atoms with Gasteiger partial charge in [-0.2, -0.15) is 13.2 Å². The number of halogens is 3. The number of aromatic nitrogens is 2. The average Bonchev–Trinajstić information content (AvgIpc) is 2.98. The molecule has 1 fully saturated rings. The van der Waals surface area contributed by atoms with E-state index in [1.54, 1.807) is 18.7 Å². The first kappa shape index (κ1) is 20.8. The van der Waals surface area contributed by atoms with E-state index in [0.717, 1.165) is 17.7 Å². The van der Waals surface area contributed by atoms with Gasteiger partial charge in [0.2, 0.25) is 5.91 Å². The van der Waals surface area contributed by atoms with Crippen molar-refractivity contribution < 1.29 is 27.3 Å². The van der Waals surface area contributed by atoms with Crippen LogP contribution in [0.5, 0.6) is 0 Å². The smallest absolute Gasteiger partial charge is 0.361 e. The molecule has 1 aliphatic heterocycles. The van der Waals surface area contributed by atoms with E-state index in [2.05, 4.69) is 10.1 Å². The topological polar surface area (TPSA) is 79.5 Å². The number of pyridine rings is 1. The summed E-state index contributed by atoms with van der Waals surface area (Å²) in [4.78, 5) is 31.9. The number of aryl methyl sites for hydroxylation is 3. The third-order valence-corrected chi connectivity index (χ3v) is 5.04. The summed E-state index contributed by atoms with van der Waals surface area (Å²) >= 11 is 0. The highest BCUT2D eigenvalue weighted by Crippen LogP contribution is 2.28. The Morgan fingerprint density at radius 2 is 1.66 bits per heavy atom. The number of amides is 2. The lowest BCUT2D eigenvalue weighted by Crippen LogP contribution is -2.51. The maximum atomic E-state index is 12.8. The monoisotopic (exact) mass is 410 g/mol. The van der Waals surface area contributed by atoms with E-state index < -0.39 is 11.9 Å². The molecular weight excluding hydrogens is 389 g/mol. The Morgan fingerprint density at radius 3 is 2.17 bits per heavy atom. The Hall–Kier alpha value is -2.91. The summed E-state index contributed by atoms with van der Waals surface area (Å²) in [7, 11) is 0. The van der Waals surface area contributed by atoms with Crippen molar-refractivity contribution in [3.63, 3.8) is 0 Å². The van der Waals surface area contributed by atoms with Crippen LogP contribution in [0.15, 0.2) is 16.7 Å². The molecule has 0 atom stereocenters. The second-order valence-corrected chi connectivity index (χ2v) is 6.98. The summed E-state index contributed by atoms with van der Waals surface area (Å²) in [6.45, 7) is 6.20. The molecule has 0 N–H and O–H groups in total. The zero-order valence-electron chi connectivity index (χ0n) is 16.3. The zero-order chi connectivity index (χ0) is 21.3. The summed E-state index contributed by atoms with van der Waals surface area (Å²) in [5.74, 6) is 0.135. The molecule has 2 aromatic rings. The maximum absolute atomic E-state index is 12.8. The molecule has 1 aliphatic rings. The highest BCUT2D eigenvalue weighted by atomic mass is 19.4. The van der Waals surface area contributed by atoms with Gasteiger partial charge in [-0.1, -0.05) is 5.16 Å². The largest absolute Gasteiger partial charge is 0.433 e. The fraction of sp³-hybridized carbons (Fsp3) is 0.474. The summed E-state index contributed by atoms with van der Waals surface area (Å²) < 4.78 is 43.3. The highest BCUT2D eigenvalue weighted by molar-refractivity contribution is 5.95. The molecule has 0 unspecified atom stereocenters. The van der Waals surface area contributed by atoms with Gasteiger partial charge < -0.3 is 14.3 Å². The fourth-order valence-corrected chi connectivity index (χ4v) is 3.29. The van der Waals surface area contributed by atoms with Gasteiger partial charge in [0.25, 0.3) is 5.91 Å². The predicted molar refractivity (Wildman–Crippen MR) is 96.1 cm³/mol. The molecule has 0 saturated carbocycles. The van der Waals surface area contributed by atoms with Crippen molar-refractivity contribution in [1.82, 2.24) is 19.9 Å². The van der Waals surface area contributed by atoms with Crippen molar-refractivity contribution in [3.8, 4) is 0 Å². The molecule has 0 radical (unpaired) electrons. The summed E-state index contributed by atoms with van der Waals surface area (Å²) in [6, 6.07) is 1.96. The van der Waals surface area contributed by atoms with Crippen LogP contribution in [0.1, 0.15) is 38.8 Å². The molecule has 10 heteroatoms. The Morgan fingerprint density at radius 1 is 1.03 bits per heavy atom. The Labute approximate surface area is 165 Å². The van der Waals surface area contributed by atoms with Crippen LogP contribution < -0.4 is 0 Å². The van der Waals surface area contributed by atoms with Crippen LogP contribution in [0, 0.1) is 20.8 Å². The van der Waals surface area contributed by atoms with Gasteiger partial charge in [-0.25, -0.2) is 4.98 Å². The van der Waals surface area contributed by atoms with Gasteiger partial charge in [-0.05, 0) is 32.9 Å². The van der Waals surface area contributed by atoms with Gasteiger partial charge in [-0.15, -0.1) is 0 Å². The lowest BCUT2D eigenvalue weighted by molar-refractivity contribution is -0.141. The molecule has 0 aromatic carbocycles. The van der Waals surface area contributed by atoms with E-state index in [-0.39, 0.29) is 29.5 Å². The second kappa shape index (κ2) is 7.84. The van der Waals surface area contributed by atoms with Crippen molar-refractivity contribution in [1.29, 1.82) is 0 Å². The molecule has 3 rings (SSSR count). The van der Waals surface area contributed by atoms with E-state index in [4.69, 9.17) is 4.52 Å². The average molecular weight is 410 g/mol. The summed E-state index contributed by atoms with van der Waals surface area (Å²) in [5, 5.41) is 3.84. The van der Waals surface area contributed by atoms with Crippen LogP contribution in [0.2, 0.25) is 0 Å². The Kier molecular flexibility index (Phi) is 5.63. The van der Waals surface area contributed by atoms with Crippen molar-refractivity contribution in [3.05, 3.63) is 46.1 Å². The molecule has 0 spiro atoms. The number of nitrogens with zero attached hydrogens (tertiary/aromatic N) is 4. The molecule has 0 aliphatic carbocycles. The minimum absolute atomic E-state index is 0.0294. The highest BCUT2D eigenvalue weighted by Gasteiger charge is 2.34. The van der Waals surface area contributed by atoms with Gasteiger partial charge >= 0.3 is 6.18 Å². The summed E-state index contributed by atoms with van der Waals surface area (Å²) in [5.41, 5.74) is 0.575. The number of carbonyl (C=O) groups is 2. The molecule has 0 bridgehead atoms. The number of carbonyl (C=O) groups excluding carboxylic acids is 2. The van der Waals surface area contributed by atoms with E-state index >= 15 is 0 Å². The van der Waals surface area contributed by atoms with E-state index in [0.29, 0.717) is 37.6 Å². The first-order chi connectivity index (χ1) is 13.6. The minimum atomic E-state index is -4.56. The normalized spacial score (nSPS) is 15.0. The van der Waals surface area contributed by atoms with Crippen LogP contribution in [-0.2, 0) is 17.4 Å². The van der Waals surface area contributed by atoms with E-state index in [1.165, 1.54) is 11.8 Å². The number of alkyl halides is 3. The van der Waals surface area contributed by atoms with Gasteiger partial charge in [-0.3, -0.25) is 9.59 Å². The van der Waals surface area contributed by atoms with Crippen molar-refractivity contribution in [2.75, 3.05) is 26.2 Å². The van der Waals surface area contributed by atoms with Crippen LogP contribution >= 0.6 is 0 Å². The molecule has 7 nitrogen and oxygen atoms in total. The molecule has 1 saturated heterocycles. The van der Waals surface area contributed by atoms with E-state index in [1.807, 2.05) is 0 Å². The Balaban J connectivity index is 1.62. The van der Waals surface area contributed by atoms with E-state index in [9.17, 15) is 22.8 Å². The number of piperazine rings is 1. The van der Waals surface area contributed by atoms with Gasteiger partial charge in [0.05, 0.1) is 23.4 Å². The lowest BCUT2D eigenvalue weighted by atomic mass is 10.1. The third kappa shape index (κ3) is 4.41. The minimum Gasteiger partial charge on any atom is -0.361 e. The number of rotatable bonds is 3. The van der Waals surface area contributed by atoms with Crippen molar-refractivity contribution >= 4 is 11.8 Å². The van der Waals surface area contributed by atoms with Gasteiger partial charge in [0.1, 0.15) is 11.5 Å². The van der Waals surface area contributed by atoms with Crippen molar-refractivity contribution in [2.24, 2.45) is 0 Å². The summed E-state index contributed by atoms with van der Waals surface area (Å²) in [6.07, 6.45) is -4.38. The van der Waals surface area contributed by atoms with Crippen LogP contribution in [0.3, 0.4) is 0 Å². The molecular formula is C19H21F3N4O3. The molecule has 2 aromatic heterocycles. The first-order valence-electron chi connectivity index (χ1n) is 9.11. The third-order valence-electron chi connectivity index (χ3n) is 5.04. The molecule has 2 amide bonds. The zero-order valence-corrected chi connectivity index (χ0v) is 16.3. The van der Waals surface area contributed by atoms with Crippen LogP contribution in [-0.4, -0.2) is 57.9 Å². The maximum Gasteiger partial charge on any atom is 0.433 e. The second-order valence-electron chi connectivity index (χ2n) is 6.98. The number of hydrogen-bond donors (Lipinski definition) is 0.